The lowest BCUT2D eigenvalue weighted by Gasteiger charge is -2.10. The normalized spacial score (nSPS) is 14.6. The molecule has 2 aromatic rings. The van der Waals surface area contributed by atoms with Crippen LogP contribution in [0.2, 0.25) is 5.02 Å². The topological polar surface area (TPSA) is 80.5 Å². The van der Waals surface area contributed by atoms with Crippen LogP contribution in [0.25, 0.3) is 0 Å². The molecular weight excluding hydrogens is 410 g/mol. The summed E-state index contributed by atoms with van der Waals surface area (Å²) < 4.78 is 26.0. The highest BCUT2D eigenvalue weighted by molar-refractivity contribution is 7.91. The van der Waals surface area contributed by atoms with Crippen LogP contribution in [-0.2, 0) is 22.1 Å². The highest BCUT2D eigenvalue weighted by Crippen LogP contribution is 2.31. The Morgan fingerprint density at radius 2 is 2.10 bits per heavy atom. The number of nitrogens with zero attached hydrogens (tertiary/aromatic N) is 2. The Hall–Kier alpha value is -2.38. The van der Waals surface area contributed by atoms with Crippen LogP contribution < -0.4 is 11.0 Å². The van der Waals surface area contributed by atoms with Gasteiger partial charge < -0.3 is 4.57 Å². The predicted molar refractivity (Wildman–Crippen MR) is 118 cm³/mol. The minimum atomic E-state index is -3.10. The van der Waals surface area contributed by atoms with Crippen molar-refractivity contribution in [2.75, 3.05) is 5.43 Å². The van der Waals surface area contributed by atoms with Crippen LogP contribution in [0.15, 0.2) is 59.1 Å². The predicted octanol–water partition coefficient (Wildman–Crippen LogP) is 3.99. The molecule has 0 saturated heterocycles. The zero-order valence-corrected chi connectivity index (χ0v) is 17.8. The molecule has 1 N–H and O–H groups in total. The number of aromatic nitrogens is 1. The molecule has 0 amide bonds. The maximum Gasteiger partial charge on any atom is 0.250 e. The van der Waals surface area contributed by atoms with Crippen molar-refractivity contribution in [3.05, 3.63) is 75.7 Å². The van der Waals surface area contributed by atoms with E-state index in [0.29, 0.717) is 34.1 Å². The van der Waals surface area contributed by atoms with E-state index in [1.807, 2.05) is 6.92 Å². The molecule has 1 aliphatic carbocycles. The maximum absolute atomic E-state index is 12.2. The molecule has 6 nitrogen and oxygen atoms in total. The second-order valence-corrected chi connectivity index (χ2v) is 9.77. The van der Waals surface area contributed by atoms with Crippen LogP contribution in [0.5, 0.6) is 0 Å². The minimum Gasteiger partial charge on any atom is -0.313 e. The Balaban J connectivity index is 1.79. The first kappa shape index (κ1) is 21.3. The Morgan fingerprint density at radius 1 is 1.34 bits per heavy atom. The molecule has 1 saturated carbocycles. The fourth-order valence-corrected chi connectivity index (χ4v) is 5.02. The molecule has 0 aliphatic heterocycles. The van der Waals surface area contributed by atoms with Crippen molar-refractivity contribution in [3.63, 3.8) is 0 Å². The molecule has 0 atom stereocenters. The van der Waals surface area contributed by atoms with Gasteiger partial charge in [0, 0.05) is 24.4 Å². The fourth-order valence-electron chi connectivity index (χ4n) is 2.99. The average Bonchev–Trinajstić information content (AvgIpc) is 3.52. The van der Waals surface area contributed by atoms with Crippen LogP contribution in [0.1, 0.15) is 37.3 Å². The molecule has 0 radical (unpaired) electrons. The summed E-state index contributed by atoms with van der Waals surface area (Å²) in [7, 11) is -3.10. The molecule has 0 spiro atoms. The van der Waals surface area contributed by atoms with Crippen molar-refractivity contribution in [1.29, 1.82) is 0 Å². The first-order valence-electron chi connectivity index (χ1n) is 9.51. The number of sulfone groups is 1. The van der Waals surface area contributed by atoms with E-state index in [9.17, 15) is 13.2 Å². The number of hydrogen-bond donors (Lipinski definition) is 1. The van der Waals surface area contributed by atoms with Gasteiger partial charge in [0.15, 0.2) is 9.84 Å². The van der Waals surface area contributed by atoms with E-state index in [0.717, 1.165) is 19.3 Å². The summed E-state index contributed by atoms with van der Waals surface area (Å²) >= 11 is 6.40. The second-order valence-electron chi connectivity index (χ2n) is 7.08. The lowest BCUT2D eigenvalue weighted by Crippen LogP contribution is -2.18. The van der Waals surface area contributed by atoms with Crippen LogP contribution in [-0.4, -0.2) is 23.9 Å². The maximum atomic E-state index is 12.2. The number of hydrogen-bond acceptors (Lipinski definition) is 5. The molecule has 154 valence electrons. The summed E-state index contributed by atoms with van der Waals surface area (Å²) in [6.45, 7) is 6.42. The van der Waals surface area contributed by atoms with Gasteiger partial charge in [-0.1, -0.05) is 37.2 Å². The number of allylic oxidation sites excluding steroid dienone is 1. The van der Waals surface area contributed by atoms with Crippen molar-refractivity contribution in [1.82, 2.24) is 4.57 Å². The lowest BCUT2D eigenvalue weighted by molar-refractivity contribution is 0.594. The van der Waals surface area contributed by atoms with Gasteiger partial charge in [-0.25, -0.2) is 8.42 Å². The highest BCUT2D eigenvalue weighted by Gasteiger charge is 2.35. The molecule has 1 aliphatic rings. The zero-order chi connectivity index (χ0) is 21.0. The molecule has 1 aromatic carbocycles. The molecule has 1 fully saturated rings. The van der Waals surface area contributed by atoms with Gasteiger partial charge >= 0.3 is 0 Å². The third-order valence-corrected chi connectivity index (χ3v) is 7.19. The van der Waals surface area contributed by atoms with Gasteiger partial charge in [-0.2, -0.15) is 5.10 Å². The van der Waals surface area contributed by atoms with E-state index in [2.05, 4.69) is 17.1 Å². The Kier molecular flexibility index (Phi) is 6.59. The van der Waals surface area contributed by atoms with Gasteiger partial charge in [0.05, 0.1) is 27.4 Å². The van der Waals surface area contributed by atoms with Crippen LogP contribution in [0.4, 0.5) is 5.69 Å². The molecule has 0 bridgehead atoms. The van der Waals surface area contributed by atoms with E-state index in [-0.39, 0.29) is 16.6 Å². The molecule has 1 aromatic heterocycles. The summed E-state index contributed by atoms with van der Waals surface area (Å²) in [6.07, 6.45) is 5.63. The van der Waals surface area contributed by atoms with Gasteiger partial charge in [0.25, 0.3) is 5.56 Å². The number of pyridine rings is 1. The molecular formula is C21H24ClN3O3S. The zero-order valence-electron chi connectivity index (χ0n) is 16.3. The van der Waals surface area contributed by atoms with E-state index >= 15 is 0 Å². The summed E-state index contributed by atoms with van der Waals surface area (Å²) in [6, 6.07) is 8.31. The average molecular weight is 434 g/mol. The Labute approximate surface area is 175 Å². The smallest absolute Gasteiger partial charge is 0.250 e. The van der Waals surface area contributed by atoms with Crippen LogP contribution in [0, 0.1) is 0 Å². The minimum absolute atomic E-state index is 0.00451. The number of halogens is 1. The highest BCUT2D eigenvalue weighted by atomic mass is 35.5. The summed E-state index contributed by atoms with van der Waals surface area (Å²) in [4.78, 5) is 11.8. The van der Waals surface area contributed by atoms with E-state index < -0.39 is 9.84 Å². The van der Waals surface area contributed by atoms with Gasteiger partial charge in [0.1, 0.15) is 0 Å². The number of hydrazone groups is 1. The van der Waals surface area contributed by atoms with Crippen molar-refractivity contribution in [2.24, 2.45) is 5.10 Å². The van der Waals surface area contributed by atoms with Crippen molar-refractivity contribution >= 4 is 32.8 Å². The molecule has 29 heavy (non-hydrogen) atoms. The number of benzene rings is 1. The summed E-state index contributed by atoms with van der Waals surface area (Å²) in [5.74, 6) is -0.00451. The summed E-state index contributed by atoms with van der Waals surface area (Å²) in [5, 5.41) is 4.55. The molecule has 1 heterocycles. The quantitative estimate of drug-likeness (QED) is 0.479. The SMILES string of the molecule is C=C/C(=N\Nc1ccc(=O)n(CCC)c1)c1ccc(CS(=O)(=O)C2CC2)cc1Cl. The van der Waals surface area contributed by atoms with Crippen LogP contribution in [0.3, 0.4) is 0 Å². The molecule has 0 unspecified atom stereocenters. The molecule has 3 rings (SSSR count). The number of anilines is 1. The van der Waals surface area contributed by atoms with E-state index in [1.54, 1.807) is 41.1 Å². The van der Waals surface area contributed by atoms with E-state index in [1.165, 1.54) is 6.07 Å². The number of aryl methyl sites for hydroxylation is 1. The Morgan fingerprint density at radius 3 is 2.72 bits per heavy atom. The van der Waals surface area contributed by atoms with Crippen molar-refractivity contribution < 1.29 is 8.42 Å². The first-order chi connectivity index (χ1) is 13.8. The number of nitrogens with one attached hydrogen (secondary N) is 1. The van der Waals surface area contributed by atoms with Crippen LogP contribution >= 0.6 is 11.6 Å². The van der Waals surface area contributed by atoms with Gasteiger partial charge in [-0.15, -0.1) is 0 Å². The van der Waals surface area contributed by atoms with Crippen molar-refractivity contribution in [2.45, 2.75) is 43.7 Å². The standard InChI is InChI=1S/C21H24ClN3O3S/c1-3-11-25-13-16(6-10-21(25)26)23-24-20(4-2)18-9-5-15(12-19(18)22)14-29(27,28)17-7-8-17/h4-6,9-10,12-13,17,23H,2-3,7-8,11,14H2,1H3/b24-20+. The largest absolute Gasteiger partial charge is 0.313 e. The van der Waals surface area contributed by atoms with Gasteiger partial charge in [0.2, 0.25) is 0 Å². The lowest BCUT2D eigenvalue weighted by atomic mass is 10.1. The van der Waals surface area contributed by atoms with Gasteiger partial charge in [-0.3, -0.25) is 10.2 Å². The second kappa shape index (κ2) is 8.97. The first-order valence-corrected chi connectivity index (χ1v) is 11.6. The van der Waals surface area contributed by atoms with Crippen molar-refractivity contribution in [3.8, 4) is 0 Å². The third-order valence-electron chi connectivity index (χ3n) is 4.66. The Bertz CT molecular complexity index is 1100. The fraction of sp³-hybridized carbons (Fsp3) is 0.333. The third kappa shape index (κ3) is 5.36. The van der Waals surface area contributed by atoms with E-state index in [4.69, 9.17) is 11.6 Å². The number of rotatable bonds is 9. The molecule has 8 heteroatoms. The van der Waals surface area contributed by atoms with Gasteiger partial charge in [-0.05, 0) is 43.0 Å². The monoisotopic (exact) mass is 433 g/mol. The summed E-state index contributed by atoms with van der Waals surface area (Å²) in [5.41, 5.74) is 5.35.